The van der Waals surface area contributed by atoms with E-state index in [1.54, 1.807) is 6.20 Å². The van der Waals surface area contributed by atoms with E-state index in [4.69, 9.17) is 16.3 Å². The summed E-state index contributed by atoms with van der Waals surface area (Å²) in [6.45, 7) is 6.09. The van der Waals surface area contributed by atoms with Crippen LogP contribution in [0.25, 0.3) is 0 Å². The van der Waals surface area contributed by atoms with Crippen LogP contribution in [0, 0.1) is 5.41 Å². The average molecular weight is 372 g/mol. The van der Waals surface area contributed by atoms with Gasteiger partial charge < -0.3 is 10.1 Å². The fraction of sp³-hybridized carbons (Fsp3) is 0.476. The lowest BCUT2D eigenvalue weighted by molar-refractivity contribution is 0.192. The molecule has 1 aromatic carbocycles. The molecule has 4 rings (SSSR count). The van der Waals surface area contributed by atoms with Gasteiger partial charge in [-0.2, -0.15) is 0 Å². The highest BCUT2D eigenvalue weighted by molar-refractivity contribution is 6.30. The molecule has 1 N–H and O–H groups in total. The molecule has 3 heterocycles. The molecule has 2 aromatic rings. The van der Waals surface area contributed by atoms with Crippen LogP contribution >= 0.6 is 11.6 Å². The zero-order valence-corrected chi connectivity index (χ0v) is 15.8. The molecule has 2 saturated heterocycles. The van der Waals surface area contributed by atoms with Crippen molar-refractivity contribution in [1.82, 2.24) is 15.2 Å². The predicted molar refractivity (Wildman–Crippen MR) is 104 cm³/mol. The van der Waals surface area contributed by atoms with Gasteiger partial charge in [-0.15, -0.1) is 0 Å². The summed E-state index contributed by atoms with van der Waals surface area (Å²) >= 11 is 6.27. The lowest BCUT2D eigenvalue weighted by Gasteiger charge is -2.34. The number of halogens is 1. The van der Waals surface area contributed by atoms with Gasteiger partial charge >= 0.3 is 0 Å². The molecule has 5 heteroatoms. The minimum absolute atomic E-state index is 0.514. The van der Waals surface area contributed by atoms with Crippen molar-refractivity contribution in [3.63, 3.8) is 0 Å². The number of pyridine rings is 1. The quantitative estimate of drug-likeness (QED) is 0.865. The van der Waals surface area contributed by atoms with E-state index in [9.17, 15) is 0 Å². The summed E-state index contributed by atoms with van der Waals surface area (Å²) in [4.78, 5) is 6.71. The zero-order chi connectivity index (χ0) is 17.8. The van der Waals surface area contributed by atoms with Gasteiger partial charge in [0.05, 0.1) is 0 Å². The Kier molecular flexibility index (Phi) is 5.44. The Balaban J connectivity index is 1.43. The van der Waals surface area contributed by atoms with Crippen molar-refractivity contribution in [2.45, 2.75) is 32.4 Å². The van der Waals surface area contributed by atoms with Gasteiger partial charge in [0.15, 0.2) is 0 Å². The zero-order valence-electron chi connectivity index (χ0n) is 15.1. The lowest BCUT2D eigenvalue weighted by atomic mass is 9.78. The van der Waals surface area contributed by atoms with Crippen molar-refractivity contribution in [1.29, 1.82) is 0 Å². The van der Waals surface area contributed by atoms with Crippen molar-refractivity contribution in [3.8, 4) is 5.75 Å². The van der Waals surface area contributed by atoms with Gasteiger partial charge in [0.2, 0.25) is 0 Å². The first-order valence-electron chi connectivity index (χ1n) is 9.46. The summed E-state index contributed by atoms with van der Waals surface area (Å²) < 4.78 is 6.09. The highest BCUT2D eigenvalue weighted by Crippen LogP contribution is 2.39. The van der Waals surface area contributed by atoms with E-state index in [1.165, 1.54) is 31.4 Å². The van der Waals surface area contributed by atoms with E-state index in [0.29, 0.717) is 12.0 Å². The molecular formula is C21H26ClN3O. The van der Waals surface area contributed by atoms with E-state index >= 15 is 0 Å². The number of benzene rings is 1. The number of hydrogen-bond acceptors (Lipinski definition) is 4. The average Bonchev–Trinajstić information content (AvgIpc) is 3.04. The number of piperidine rings is 1. The normalized spacial score (nSPS) is 19.7. The molecule has 0 atom stereocenters. The van der Waals surface area contributed by atoms with E-state index in [0.717, 1.165) is 42.5 Å². The van der Waals surface area contributed by atoms with Crippen LogP contribution in [0.5, 0.6) is 5.75 Å². The second kappa shape index (κ2) is 7.95. The van der Waals surface area contributed by atoms with Gasteiger partial charge in [-0.3, -0.25) is 9.88 Å². The van der Waals surface area contributed by atoms with Crippen LogP contribution in [0.2, 0.25) is 5.02 Å². The van der Waals surface area contributed by atoms with Crippen molar-refractivity contribution in [3.05, 3.63) is 58.9 Å². The van der Waals surface area contributed by atoms with Gasteiger partial charge in [-0.1, -0.05) is 17.7 Å². The number of likely N-dealkylation sites (tertiary alicyclic amines) is 1. The fourth-order valence-corrected chi connectivity index (χ4v) is 4.42. The number of ether oxygens (including phenoxy) is 1. The Hall–Kier alpha value is -1.62. The smallest absolute Gasteiger partial charge is 0.124 e. The topological polar surface area (TPSA) is 37.4 Å². The molecule has 2 aliphatic heterocycles. The van der Waals surface area contributed by atoms with Gasteiger partial charge in [0.25, 0.3) is 0 Å². The molecule has 1 spiro atoms. The Bertz CT molecular complexity index is 731. The van der Waals surface area contributed by atoms with E-state index in [-0.39, 0.29) is 0 Å². The Morgan fingerprint density at radius 2 is 2.08 bits per heavy atom. The molecular weight excluding hydrogens is 346 g/mol. The number of aromatic nitrogens is 1. The molecule has 0 saturated carbocycles. The van der Waals surface area contributed by atoms with Crippen LogP contribution in [0.3, 0.4) is 0 Å². The molecule has 0 bridgehead atoms. The van der Waals surface area contributed by atoms with Crippen molar-refractivity contribution in [2.75, 3.05) is 26.2 Å². The first kappa shape index (κ1) is 17.8. The minimum atomic E-state index is 0.514. The molecule has 2 aliphatic rings. The Morgan fingerprint density at radius 3 is 2.88 bits per heavy atom. The fourth-order valence-electron chi connectivity index (χ4n) is 4.23. The van der Waals surface area contributed by atoms with E-state index < -0.39 is 0 Å². The number of hydrogen-bond donors (Lipinski definition) is 1. The van der Waals surface area contributed by atoms with E-state index in [2.05, 4.69) is 15.2 Å². The molecule has 0 aliphatic carbocycles. The first-order valence-corrected chi connectivity index (χ1v) is 9.84. The molecule has 4 nitrogen and oxygen atoms in total. The third-order valence-electron chi connectivity index (χ3n) is 5.72. The lowest BCUT2D eigenvalue weighted by Crippen LogP contribution is -2.38. The summed E-state index contributed by atoms with van der Waals surface area (Å²) in [6.07, 6.45) is 7.52. The molecule has 0 unspecified atom stereocenters. The second-order valence-corrected chi connectivity index (χ2v) is 8.05. The minimum Gasteiger partial charge on any atom is -0.489 e. The number of nitrogens with one attached hydrogen (secondary N) is 1. The Labute approximate surface area is 160 Å². The highest BCUT2D eigenvalue weighted by Gasteiger charge is 2.38. The van der Waals surface area contributed by atoms with Crippen LogP contribution in [0.15, 0.2) is 42.7 Å². The Morgan fingerprint density at radius 1 is 1.19 bits per heavy atom. The second-order valence-electron chi connectivity index (χ2n) is 7.61. The monoisotopic (exact) mass is 371 g/mol. The standard InChI is InChI=1S/C21H26ClN3O/c22-19-3-4-20(26-15-17-2-1-8-24-13-17)18(12-19)14-25-11-7-21(16-25)5-9-23-10-6-21/h1-4,8,12-13,23H,5-7,9-11,14-16H2. The molecule has 0 radical (unpaired) electrons. The van der Waals surface area contributed by atoms with Gasteiger partial charge in [0, 0.05) is 41.6 Å². The van der Waals surface area contributed by atoms with Crippen LogP contribution in [-0.2, 0) is 13.2 Å². The molecule has 2 fully saturated rings. The highest BCUT2D eigenvalue weighted by atomic mass is 35.5. The summed E-state index contributed by atoms with van der Waals surface area (Å²) in [5.74, 6) is 0.921. The summed E-state index contributed by atoms with van der Waals surface area (Å²) in [5, 5.41) is 4.26. The van der Waals surface area contributed by atoms with Crippen LogP contribution in [0.4, 0.5) is 0 Å². The first-order chi connectivity index (χ1) is 12.7. The summed E-state index contributed by atoms with van der Waals surface area (Å²) in [5.41, 5.74) is 2.76. The molecule has 0 amide bonds. The summed E-state index contributed by atoms with van der Waals surface area (Å²) in [7, 11) is 0. The van der Waals surface area contributed by atoms with Crippen LogP contribution < -0.4 is 10.1 Å². The maximum Gasteiger partial charge on any atom is 0.124 e. The van der Waals surface area contributed by atoms with Crippen molar-refractivity contribution in [2.24, 2.45) is 5.41 Å². The number of nitrogens with zero attached hydrogens (tertiary/aromatic N) is 2. The summed E-state index contributed by atoms with van der Waals surface area (Å²) in [6, 6.07) is 9.91. The third kappa shape index (κ3) is 4.20. The maximum absolute atomic E-state index is 6.27. The van der Waals surface area contributed by atoms with Gasteiger partial charge in [0.1, 0.15) is 12.4 Å². The van der Waals surface area contributed by atoms with Crippen molar-refractivity contribution >= 4 is 11.6 Å². The third-order valence-corrected chi connectivity index (χ3v) is 5.95. The largest absolute Gasteiger partial charge is 0.489 e. The van der Waals surface area contributed by atoms with Crippen molar-refractivity contribution < 1.29 is 4.74 Å². The van der Waals surface area contributed by atoms with Crippen LogP contribution in [0.1, 0.15) is 30.4 Å². The van der Waals surface area contributed by atoms with E-state index in [1.807, 2.05) is 36.5 Å². The molecule has 138 valence electrons. The number of rotatable bonds is 5. The predicted octanol–water partition coefficient (Wildman–Crippen LogP) is 3.89. The van der Waals surface area contributed by atoms with Crippen LogP contribution in [-0.4, -0.2) is 36.1 Å². The maximum atomic E-state index is 6.27. The van der Waals surface area contributed by atoms with Gasteiger partial charge in [-0.05, 0) is 68.6 Å². The SMILES string of the molecule is Clc1ccc(OCc2cccnc2)c(CN2CCC3(CCNCC3)C2)c1. The molecule has 26 heavy (non-hydrogen) atoms. The molecule has 1 aromatic heterocycles. The van der Waals surface area contributed by atoms with Gasteiger partial charge in [-0.25, -0.2) is 0 Å².